The van der Waals surface area contributed by atoms with E-state index in [0.29, 0.717) is 5.56 Å². The zero-order chi connectivity index (χ0) is 40.3. The lowest BCUT2D eigenvalue weighted by molar-refractivity contribution is -0.178. The highest BCUT2D eigenvalue weighted by Crippen LogP contribution is 2.55. The minimum atomic E-state index is -3.05. The maximum absolute atomic E-state index is 14.1. The summed E-state index contributed by atoms with van der Waals surface area (Å²) in [6.07, 6.45) is 2.86. The minimum absolute atomic E-state index is 0.0528. The molecular weight excluding hydrogens is 710 g/mol. The second-order valence-corrected chi connectivity index (χ2v) is 13.6. The summed E-state index contributed by atoms with van der Waals surface area (Å²) in [5.74, 6) is -11.1. The molecule has 290 valence electrons. The summed E-state index contributed by atoms with van der Waals surface area (Å²) in [7, 11) is 2.88. The smallest absolute Gasteiger partial charge is 0.309 e. The van der Waals surface area contributed by atoms with Gasteiger partial charge in [-0.05, 0) is 25.6 Å². The van der Waals surface area contributed by atoms with Crippen molar-refractivity contribution in [3.05, 3.63) is 77.6 Å². The molecule has 0 unspecified atom stereocenters. The molecule has 0 aliphatic heterocycles. The normalized spacial score (nSPS) is 25.9. The fourth-order valence-electron chi connectivity index (χ4n) is 7.13. The van der Waals surface area contributed by atoms with Crippen LogP contribution in [-0.4, -0.2) is 128 Å². The van der Waals surface area contributed by atoms with E-state index in [0.717, 1.165) is 0 Å². The number of benzene rings is 1. The van der Waals surface area contributed by atoms with Crippen molar-refractivity contribution in [1.82, 2.24) is 4.90 Å². The van der Waals surface area contributed by atoms with Gasteiger partial charge in [-0.1, -0.05) is 43.4 Å². The molecule has 6 atom stereocenters. The third kappa shape index (κ3) is 7.50. The third-order valence-electron chi connectivity index (χ3n) is 9.76. The molecule has 1 aromatic rings. The molecule has 0 spiro atoms. The van der Waals surface area contributed by atoms with E-state index < -0.39 is 125 Å². The molecule has 4 rings (SSSR count). The number of aliphatic hydroxyl groups excluding tert-OH is 3. The van der Waals surface area contributed by atoms with Crippen LogP contribution in [0.1, 0.15) is 48.8 Å². The number of nitrogens with zero attached hydrogens (tertiary/aromatic N) is 1. The number of rotatable bonds is 14. The maximum atomic E-state index is 14.1. The van der Waals surface area contributed by atoms with Crippen LogP contribution in [-0.2, 0) is 43.0 Å². The summed E-state index contributed by atoms with van der Waals surface area (Å²) in [6, 6.07) is 1.56. The number of ether oxygens (including phenoxy) is 3. The zero-order valence-corrected chi connectivity index (χ0v) is 29.9. The van der Waals surface area contributed by atoms with Gasteiger partial charge in [0.15, 0.2) is 17.0 Å². The van der Waals surface area contributed by atoms with Crippen molar-refractivity contribution < 1.29 is 73.6 Å². The number of phenols is 1. The van der Waals surface area contributed by atoms with Crippen molar-refractivity contribution in [2.45, 2.75) is 55.5 Å². The molecular formula is C38H43NO15. The number of likely N-dealkylation sites (N-methyl/N-ethyl adjacent to an activating group) is 1. The number of phenolic OH excluding ortho intramolecular Hbond substituents is 1. The lowest BCUT2D eigenvalue weighted by Crippen LogP contribution is -2.73. The van der Waals surface area contributed by atoms with Gasteiger partial charge in [0.05, 0.1) is 49.2 Å². The number of ketones is 3. The van der Waals surface area contributed by atoms with Crippen molar-refractivity contribution >= 4 is 47.1 Å². The molecule has 0 amide bonds. The lowest BCUT2D eigenvalue weighted by atomic mass is 9.53. The Balaban J connectivity index is 1.58. The van der Waals surface area contributed by atoms with E-state index >= 15 is 0 Å². The van der Waals surface area contributed by atoms with E-state index in [-0.39, 0.29) is 30.2 Å². The van der Waals surface area contributed by atoms with Crippen molar-refractivity contribution in [2.24, 2.45) is 11.8 Å². The summed E-state index contributed by atoms with van der Waals surface area (Å²) in [5, 5.41) is 66.9. The highest BCUT2D eigenvalue weighted by atomic mass is 16.6. The predicted molar refractivity (Wildman–Crippen MR) is 188 cm³/mol. The minimum Gasteiger partial charge on any atom is -0.515 e. The number of carbonyl (C=O) groups excluding carboxylic acids is 6. The second kappa shape index (κ2) is 16.3. The first-order valence-corrected chi connectivity index (χ1v) is 16.8. The zero-order valence-electron chi connectivity index (χ0n) is 29.9. The van der Waals surface area contributed by atoms with Gasteiger partial charge < -0.3 is 44.8 Å². The Morgan fingerprint density at radius 2 is 1.46 bits per heavy atom. The first kappa shape index (κ1) is 41.3. The van der Waals surface area contributed by atoms with Crippen molar-refractivity contribution in [3.8, 4) is 5.75 Å². The highest BCUT2D eigenvalue weighted by molar-refractivity contribution is 6.35. The van der Waals surface area contributed by atoms with Gasteiger partial charge in [-0.25, -0.2) is 0 Å². The van der Waals surface area contributed by atoms with Crippen LogP contribution < -0.4 is 0 Å². The second-order valence-electron chi connectivity index (χ2n) is 13.6. The molecule has 0 heterocycles. The summed E-state index contributed by atoms with van der Waals surface area (Å²) >= 11 is 0. The molecule has 16 heteroatoms. The van der Waals surface area contributed by atoms with Crippen LogP contribution in [0.4, 0.5) is 0 Å². The average Bonchev–Trinajstić information content (AvgIpc) is 3.11. The Morgan fingerprint density at radius 3 is 1.96 bits per heavy atom. The number of esters is 3. The monoisotopic (exact) mass is 753 g/mol. The molecule has 6 N–H and O–H groups in total. The molecule has 0 saturated heterocycles. The van der Waals surface area contributed by atoms with Crippen LogP contribution in [0.25, 0.3) is 11.8 Å². The maximum Gasteiger partial charge on any atom is 0.309 e. The van der Waals surface area contributed by atoms with Gasteiger partial charge in [-0.3, -0.25) is 33.7 Å². The van der Waals surface area contributed by atoms with Gasteiger partial charge in [-0.15, -0.1) is 13.2 Å². The summed E-state index contributed by atoms with van der Waals surface area (Å²) in [4.78, 5) is 78.2. The van der Waals surface area contributed by atoms with E-state index in [1.807, 2.05) is 0 Å². The number of hydrogen-bond acceptors (Lipinski definition) is 16. The summed E-state index contributed by atoms with van der Waals surface area (Å²) < 4.78 is 15.1. The molecule has 0 aromatic heterocycles. The topological polar surface area (TPSA) is 255 Å². The van der Waals surface area contributed by atoms with E-state index in [4.69, 9.17) is 14.2 Å². The number of Topliss-reactive ketones (excluding diaryl/α,β-unsaturated/α-hetero) is 3. The molecule has 0 bridgehead atoms. The molecule has 16 nitrogen and oxygen atoms in total. The van der Waals surface area contributed by atoms with Gasteiger partial charge >= 0.3 is 17.9 Å². The number of aromatic hydroxyl groups is 1. The van der Waals surface area contributed by atoms with Crippen molar-refractivity contribution in [3.63, 3.8) is 0 Å². The van der Waals surface area contributed by atoms with Gasteiger partial charge in [0, 0.05) is 17.1 Å². The molecule has 54 heavy (non-hydrogen) atoms. The number of aliphatic hydroxyl groups is 5. The van der Waals surface area contributed by atoms with Crippen LogP contribution in [0, 0.1) is 11.8 Å². The van der Waals surface area contributed by atoms with Crippen LogP contribution in [0.2, 0.25) is 0 Å². The Labute approximate surface area is 309 Å². The first-order valence-electron chi connectivity index (χ1n) is 16.8. The van der Waals surface area contributed by atoms with E-state index in [2.05, 4.69) is 13.2 Å². The van der Waals surface area contributed by atoms with Crippen LogP contribution in [0.5, 0.6) is 5.75 Å². The summed E-state index contributed by atoms with van der Waals surface area (Å²) in [5.41, 5.74) is -6.43. The van der Waals surface area contributed by atoms with E-state index in [1.54, 1.807) is 6.92 Å². The average molecular weight is 754 g/mol. The number of carbonyl (C=O) groups is 6. The van der Waals surface area contributed by atoms with Gasteiger partial charge in [0.25, 0.3) is 0 Å². The Morgan fingerprint density at radius 1 is 0.926 bits per heavy atom. The predicted octanol–water partition coefficient (Wildman–Crippen LogP) is 1.13. The quantitative estimate of drug-likeness (QED) is 0.0296. The molecule has 2 fully saturated rings. The van der Waals surface area contributed by atoms with Crippen LogP contribution in [0.15, 0.2) is 60.9 Å². The fourth-order valence-corrected chi connectivity index (χ4v) is 7.13. The number of hydrogen-bond donors (Lipinski definition) is 6. The van der Waals surface area contributed by atoms with Crippen LogP contribution >= 0.6 is 0 Å². The Kier molecular flexibility index (Phi) is 12.5. The Hall–Kier alpha value is -5.42. The summed E-state index contributed by atoms with van der Waals surface area (Å²) in [6.45, 7) is 6.34. The molecule has 3 aliphatic rings. The van der Waals surface area contributed by atoms with Gasteiger partial charge in [0.2, 0.25) is 11.6 Å². The first-order chi connectivity index (χ1) is 25.4. The van der Waals surface area contributed by atoms with Crippen LogP contribution in [0.3, 0.4) is 0 Å². The highest BCUT2D eigenvalue weighted by Gasteiger charge is 2.69. The van der Waals surface area contributed by atoms with E-state index in [1.165, 1.54) is 55.4 Å². The number of fused-ring (bicyclic) bond motifs is 3. The lowest BCUT2D eigenvalue weighted by Gasteiger charge is -2.53. The van der Waals surface area contributed by atoms with Gasteiger partial charge in [-0.2, -0.15) is 0 Å². The molecule has 2 saturated carbocycles. The van der Waals surface area contributed by atoms with Gasteiger partial charge in [0.1, 0.15) is 36.9 Å². The van der Waals surface area contributed by atoms with Crippen molar-refractivity contribution in [2.75, 3.05) is 33.9 Å². The molecule has 3 aliphatic carbocycles. The standard InChI is InChI=1S/C38H43NO15/c1-6-9-23(41)52-16-37(50,17-53-24(42)10-7-2)18-54-25(43)12-8-11-20-13-14-21-19(3)26-28(33(46)27(21)31(20)44)36(49)38(51)29(34(26)47)30(39(4)5)32(45)22(15-40)35(38)48/h6-8,11,13-15,19,26,29-30,34,40,44,46-47,50-51H,1-2,9-10,12,16-18H2,3-5H3/b11-8+,22-15?/t19-,26-,29+,30+,34-,38-/m1/s1. The molecule has 0 radical (unpaired) electrons. The molecule has 1 aromatic carbocycles. The Bertz CT molecular complexity index is 1830. The third-order valence-corrected chi connectivity index (χ3v) is 9.76. The van der Waals surface area contributed by atoms with Crippen molar-refractivity contribution in [1.29, 1.82) is 0 Å². The largest absolute Gasteiger partial charge is 0.515 e. The fraction of sp³-hybridized carbons (Fsp3) is 0.421. The van der Waals surface area contributed by atoms with E-state index in [9.17, 15) is 59.4 Å². The SMILES string of the molecule is C=CCC(=O)OCC(O)(COC(=O)CC=C)COC(=O)C/C=C/c1ccc2c(c1O)C(O)=C1C(=O)[C@]3(O)C(=O)C(=CO)C(=O)[C@@H](N(C)C)[C@H]3[C@H](O)[C@@H]1[C@@H]2C.